The molecule has 0 aliphatic heterocycles. The van der Waals surface area contributed by atoms with E-state index in [-0.39, 0.29) is 18.1 Å². The maximum absolute atomic E-state index is 14.8. The van der Waals surface area contributed by atoms with E-state index in [9.17, 15) is 17.6 Å². The summed E-state index contributed by atoms with van der Waals surface area (Å²) in [6, 6.07) is 2.47. The first kappa shape index (κ1) is 18.4. The smallest absolute Gasteiger partial charge is 0.435 e. The van der Waals surface area contributed by atoms with E-state index < -0.39 is 17.7 Å². The number of allylic oxidation sites excluding steroid dienone is 1. The van der Waals surface area contributed by atoms with Crippen LogP contribution in [0.4, 0.5) is 17.6 Å². The van der Waals surface area contributed by atoms with Crippen molar-refractivity contribution in [3.8, 4) is 5.75 Å². The Labute approximate surface area is 151 Å². The van der Waals surface area contributed by atoms with Gasteiger partial charge in [0.05, 0.1) is 10.4 Å². The summed E-state index contributed by atoms with van der Waals surface area (Å²) in [6.07, 6.45) is -2.14. The van der Waals surface area contributed by atoms with Crippen molar-refractivity contribution in [2.75, 3.05) is 0 Å². The highest BCUT2D eigenvalue weighted by molar-refractivity contribution is 7.17. The molecular weight excluding hydrogens is 368 g/mol. The molecule has 0 radical (unpaired) electrons. The second-order valence-corrected chi connectivity index (χ2v) is 6.77. The molecule has 0 aliphatic rings. The summed E-state index contributed by atoms with van der Waals surface area (Å²) in [5.74, 6) is -0.499. The fourth-order valence-electron chi connectivity index (χ4n) is 2.77. The number of aromatic nitrogens is 2. The number of halogens is 4. The van der Waals surface area contributed by atoms with Gasteiger partial charge in [0.1, 0.15) is 6.61 Å². The molecule has 0 N–H and O–H groups in total. The molecule has 2 aromatic heterocycles. The lowest BCUT2D eigenvalue weighted by molar-refractivity contribution is -0.141. The van der Waals surface area contributed by atoms with E-state index in [1.807, 2.05) is 12.3 Å². The average Bonchev–Trinajstić information content (AvgIpc) is 3.14. The van der Waals surface area contributed by atoms with Gasteiger partial charge in [0.15, 0.2) is 17.3 Å². The SMILES string of the molecule is C=CCc1csc2c(F)c(OCc3cc(C(F)(F)F)nn3C)cc(C)c12. The highest BCUT2D eigenvalue weighted by Crippen LogP contribution is 2.37. The second-order valence-electron chi connectivity index (χ2n) is 5.89. The lowest BCUT2D eigenvalue weighted by Crippen LogP contribution is -2.06. The number of hydrogen-bond donors (Lipinski definition) is 0. The Morgan fingerprint density at radius 1 is 1.35 bits per heavy atom. The van der Waals surface area contributed by atoms with Crippen LogP contribution in [0.2, 0.25) is 0 Å². The van der Waals surface area contributed by atoms with Crippen molar-refractivity contribution in [3.05, 3.63) is 58.5 Å². The number of thiophene rings is 1. The van der Waals surface area contributed by atoms with Crippen LogP contribution >= 0.6 is 11.3 Å². The highest BCUT2D eigenvalue weighted by atomic mass is 32.1. The topological polar surface area (TPSA) is 27.1 Å². The van der Waals surface area contributed by atoms with Gasteiger partial charge in [-0.25, -0.2) is 4.39 Å². The maximum atomic E-state index is 14.8. The zero-order valence-electron chi connectivity index (χ0n) is 14.2. The third-order valence-electron chi connectivity index (χ3n) is 4.03. The van der Waals surface area contributed by atoms with E-state index >= 15 is 0 Å². The van der Waals surface area contributed by atoms with Crippen LogP contribution in [0.3, 0.4) is 0 Å². The van der Waals surface area contributed by atoms with Crippen LogP contribution in [0.25, 0.3) is 10.1 Å². The largest absolute Gasteiger partial charge is 0.484 e. The molecule has 0 saturated heterocycles. The van der Waals surface area contributed by atoms with Gasteiger partial charge in [-0.2, -0.15) is 18.3 Å². The number of alkyl halides is 3. The number of fused-ring (bicyclic) bond motifs is 1. The van der Waals surface area contributed by atoms with Crippen molar-refractivity contribution in [2.45, 2.75) is 26.1 Å². The van der Waals surface area contributed by atoms with Gasteiger partial charge in [0.2, 0.25) is 0 Å². The Kier molecular flexibility index (Phi) is 4.79. The molecular formula is C18H16F4N2OS. The van der Waals surface area contributed by atoms with Crippen LogP contribution in [-0.4, -0.2) is 9.78 Å². The molecule has 0 bridgehead atoms. The van der Waals surface area contributed by atoms with E-state index in [2.05, 4.69) is 11.7 Å². The Morgan fingerprint density at radius 2 is 2.08 bits per heavy atom. The summed E-state index contributed by atoms with van der Waals surface area (Å²) in [5, 5.41) is 6.13. The number of nitrogens with zero attached hydrogens (tertiary/aromatic N) is 2. The molecule has 3 rings (SSSR count). The monoisotopic (exact) mass is 384 g/mol. The van der Waals surface area contributed by atoms with Gasteiger partial charge in [0.25, 0.3) is 0 Å². The minimum atomic E-state index is -4.53. The molecule has 26 heavy (non-hydrogen) atoms. The van der Waals surface area contributed by atoms with Gasteiger partial charge in [-0.1, -0.05) is 6.08 Å². The zero-order chi connectivity index (χ0) is 19.1. The lowest BCUT2D eigenvalue weighted by atomic mass is 10.0. The van der Waals surface area contributed by atoms with Crippen LogP contribution in [0.1, 0.15) is 22.5 Å². The number of rotatable bonds is 5. The van der Waals surface area contributed by atoms with Crippen LogP contribution in [0.5, 0.6) is 5.75 Å². The third kappa shape index (κ3) is 3.33. The molecule has 0 fully saturated rings. The molecule has 1 aromatic carbocycles. The van der Waals surface area contributed by atoms with E-state index in [1.54, 1.807) is 12.1 Å². The van der Waals surface area contributed by atoms with Gasteiger partial charge in [-0.15, -0.1) is 17.9 Å². The quantitative estimate of drug-likeness (QED) is 0.435. The first-order valence-electron chi connectivity index (χ1n) is 7.75. The van der Waals surface area contributed by atoms with Crippen molar-refractivity contribution >= 4 is 21.4 Å². The van der Waals surface area contributed by atoms with Gasteiger partial charge >= 0.3 is 6.18 Å². The number of hydrogen-bond acceptors (Lipinski definition) is 3. The second kappa shape index (κ2) is 6.75. The van der Waals surface area contributed by atoms with Crippen molar-refractivity contribution < 1.29 is 22.3 Å². The highest BCUT2D eigenvalue weighted by Gasteiger charge is 2.34. The average molecular weight is 384 g/mol. The van der Waals surface area contributed by atoms with Crippen LogP contribution in [-0.2, 0) is 26.3 Å². The molecule has 3 aromatic rings. The summed E-state index contributed by atoms with van der Waals surface area (Å²) in [4.78, 5) is 0. The lowest BCUT2D eigenvalue weighted by Gasteiger charge is -2.10. The van der Waals surface area contributed by atoms with Crippen molar-refractivity contribution in [1.82, 2.24) is 9.78 Å². The fraction of sp³-hybridized carbons (Fsp3) is 0.278. The number of aryl methyl sites for hydroxylation is 2. The minimum Gasteiger partial charge on any atom is -0.484 e. The summed E-state index contributed by atoms with van der Waals surface area (Å²) < 4.78 is 59.9. The molecule has 0 aliphatic carbocycles. The first-order chi connectivity index (χ1) is 12.2. The molecule has 138 valence electrons. The zero-order valence-corrected chi connectivity index (χ0v) is 15.0. The summed E-state index contributed by atoms with van der Waals surface area (Å²) in [5.41, 5.74) is 1.03. The molecule has 8 heteroatoms. The molecule has 2 heterocycles. The van der Waals surface area contributed by atoms with Crippen LogP contribution < -0.4 is 4.74 Å². The Balaban J connectivity index is 1.89. The van der Waals surface area contributed by atoms with Gasteiger partial charge in [0, 0.05) is 12.4 Å². The molecule has 0 unspecified atom stereocenters. The molecule has 0 spiro atoms. The normalized spacial score (nSPS) is 11.9. The Bertz CT molecular complexity index is 972. The molecule has 0 atom stereocenters. The van der Waals surface area contributed by atoms with Gasteiger partial charge < -0.3 is 4.74 Å². The molecule has 3 nitrogen and oxygen atoms in total. The van der Waals surface area contributed by atoms with E-state index in [1.165, 1.54) is 18.4 Å². The van der Waals surface area contributed by atoms with Crippen molar-refractivity contribution in [3.63, 3.8) is 0 Å². The Hall–Kier alpha value is -2.35. The summed E-state index contributed by atoms with van der Waals surface area (Å²) >= 11 is 1.27. The predicted octanol–water partition coefficient (Wildman–Crippen LogP) is 5.41. The number of benzene rings is 1. The van der Waals surface area contributed by atoms with Gasteiger partial charge in [-0.3, -0.25) is 4.68 Å². The van der Waals surface area contributed by atoms with Crippen molar-refractivity contribution in [1.29, 1.82) is 0 Å². The maximum Gasteiger partial charge on any atom is 0.435 e. The molecule has 0 saturated carbocycles. The standard InChI is InChI=1S/C18H16F4N2OS/c1-4-5-11-9-26-17-15(11)10(2)6-13(16(17)19)25-8-12-7-14(18(20,21)22)23-24(12)3/h4,6-7,9H,1,5,8H2,2-3H3. The molecule has 0 amide bonds. The third-order valence-corrected chi connectivity index (χ3v) is 5.05. The predicted molar refractivity (Wildman–Crippen MR) is 93.0 cm³/mol. The minimum absolute atomic E-state index is 0.0109. The Morgan fingerprint density at radius 3 is 2.69 bits per heavy atom. The van der Waals surface area contributed by atoms with Crippen molar-refractivity contribution in [2.24, 2.45) is 7.05 Å². The first-order valence-corrected chi connectivity index (χ1v) is 8.63. The fourth-order valence-corrected chi connectivity index (χ4v) is 3.86. The van der Waals surface area contributed by atoms with E-state index in [4.69, 9.17) is 4.74 Å². The van der Waals surface area contributed by atoms with Crippen LogP contribution in [0, 0.1) is 12.7 Å². The number of ether oxygens (including phenoxy) is 1. The van der Waals surface area contributed by atoms with E-state index in [0.29, 0.717) is 11.1 Å². The van der Waals surface area contributed by atoms with Gasteiger partial charge in [-0.05, 0) is 42.0 Å². The van der Waals surface area contributed by atoms with Crippen LogP contribution in [0.15, 0.2) is 30.2 Å². The van der Waals surface area contributed by atoms with E-state index in [0.717, 1.165) is 27.3 Å². The summed E-state index contributed by atoms with van der Waals surface area (Å²) in [7, 11) is 1.39. The summed E-state index contributed by atoms with van der Waals surface area (Å²) in [6.45, 7) is 5.33.